The van der Waals surface area contributed by atoms with Crippen LogP contribution in [0.25, 0.3) is 11.4 Å². The number of H-pyrrole nitrogens is 2. The van der Waals surface area contributed by atoms with Crippen LogP contribution in [-0.2, 0) is 0 Å². The van der Waals surface area contributed by atoms with E-state index in [2.05, 4.69) is 15.2 Å². The van der Waals surface area contributed by atoms with E-state index in [0.29, 0.717) is 11.4 Å². The summed E-state index contributed by atoms with van der Waals surface area (Å²) in [5.74, 6) is 0.330. The topological polar surface area (TPSA) is 108 Å². The Balaban J connectivity index is 2.52. The third kappa shape index (κ3) is 1.33. The molecule has 6 nitrogen and oxygen atoms in total. The Kier molecular flexibility index (Phi) is 1.74. The quantitative estimate of drug-likeness (QED) is 0.378. The first kappa shape index (κ1) is 8.36. The van der Waals surface area contributed by atoms with Gasteiger partial charge in [-0.15, -0.1) is 0 Å². The Bertz CT molecular complexity index is 514. The average molecular weight is 192 g/mol. The van der Waals surface area contributed by atoms with Crippen molar-refractivity contribution in [2.75, 3.05) is 5.73 Å². The molecule has 2 aromatic rings. The summed E-state index contributed by atoms with van der Waals surface area (Å²) >= 11 is 0. The van der Waals surface area contributed by atoms with Gasteiger partial charge in [-0.1, -0.05) is 0 Å². The van der Waals surface area contributed by atoms with Crippen molar-refractivity contribution in [1.29, 1.82) is 0 Å². The number of aromatic nitrogens is 3. The normalized spacial score (nSPS) is 10.3. The van der Waals surface area contributed by atoms with Crippen molar-refractivity contribution in [2.45, 2.75) is 0 Å². The largest absolute Gasteiger partial charge is 0.506 e. The van der Waals surface area contributed by atoms with Crippen LogP contribution < -0.4 is 11.4 Å². The van der Waals surface area contributed by atoms with E-state index in [1.165, 1.54) is 12.1 Å². The molecule has 0 fully saturated rings. The number of rotatable bonds is 1. The maximum absolute atomic E-state index is 10.8. The summed E-state index contributed by atoms with van der Waals surface area (Å²) in [6.45, 7) is 0. The van der Waals surface area contributed by atoms with Crippen molar-refractivity contribution in [2.24, 2.45) is 0 Å². The summed E-state index contributed by atoms with van der Waals surface area (Å²) < 4.78 is 0. The summed E-state index contributed by atoms with van der Waals surface area (Å²) in [6.07, 6.45) is 0. The minimum absolute atomic E-state index is 0.0358. The van der Waals surface area contributed by atoms with Crippen molar-refractivity contribution >= 4 is 5.69 Å². The van der Waals surface area contributed by atoms with Crippen molar-refractivity contribution < 1.29 is 5.11 Å². The monoisotopic (exact) mass is 192 g/mol. The third-order valence-electron chi connectivity index (χ3n) is 1.81. The second kappa shape index (κ2) is 2.91. The number of phenols is 1. The predicted molar refractivity (Wildman–Crippen MR) is 50.7 cm³/mol. The summed E-state index contributed by atoms with van der Waals surface area (Å²) in [5.41, 5.74) is 5.91. The molecule has 5 N–H and O–H groups in total. The second-order valence-electron chi connectivity index (χ2n) is 2.80. The van der Waals surface area contributed by atoms with Gasteiger partial charge in [0.1, 0.15) is 5.75 Å². The number of benzene rings is 1. The van der Waals surface area contributed by atoms with Crippen LogP contribution in [0.5, 0.6) is 5.75 Å². The highest BCUT2D eigenvalue weighted by Crippen LogP contribution is 2.24. The Labute approximate surface area is 78.4 Å². The van der Waals surface area contributed by atoms with E-state index in [1.807, 2.05) is 0 Å². The highest BCUT2D eigenvalue weighted by atomic mass is 16.3. The number of nitrogens with two attached hydrogens (primary N) is 1. The number of phenolic OH excluding ortho intramolecular Hbond substituents is 1. The molecule has 2 rings (SSSR count). The Morgan fingerprint density at radius 2 is 2.21 bits per heavy atom. The summed E-state index contributed by atoms with van der Waals surface area (Å²) in [5, 5.41) is 15.3. The molecule has 14 heavy (non-hydrogen) atoms. The van der Waals surface area contributed by atoms with Crippen LogP contribution in [-0.4, -0.2) is 20.3 Å². The van der Waals surface area contributed by atoms with E-state index in [9.17, 15) is 9.90 Å². The molecule has 0 saturated heterocycles. The molecule has 0 unspecified atom stereocenters. The minimum atomic E-state index is -0.392. The van der Waals surface area contributed by atoms with E-state index in [-0.39, 0.29) is 11.4 Å². The lowest BCUT2D eigenvalue weighted by Gasteiger charge is -1.99. The Hall–Kier alpha value is -2.24. The van der Waals surface area contributed by atoms with Gasteiger partial charge in [0.05, 0.1) is 5.69 Å². The molecule has 0 aliphatic carbocycles. The van der Waals surface area contributed by atoms with E-state index >= 15 is 0 Å². The van der Waals surface area contributed by atoms with Crippen LogP contribution in [0.15, 0.2) is 23.0 Å². The van der Waals surface area contributed by atoms with Crippen molar-refractivity contribution in [3.63, 3.8) is 0 Å². The highest BCUT2D eigenvalue weighted by Gasteiger charge is 2.04. The fraction of sp³-hybridized carbons (Fsp3) is 0. The number of hydrogen-bond donors (Lipinski definition) is 4. The smallest absolute Gasteiger partial charge is 0.340 e. The maximum atomic E-state index is 10.8. The molecule has 6 heteroatoms. The number of aromatic amines is 2. The molecule has 0 bridgehead atoms. The standard InChI is InChI=1S/C8H8N4O2/c9-5-2-1-4(3-6(5)13)7-10-8(14)12-11-7/h1-3,13H,9H2,(H2,10,11,12,14). The van der Waals surface area contributed by atoms with Gasteiger partial charge in [-0.05, 0) is 18.2 Å². The number of hydrogen-bond acceptors (Lipinski definition) is 4. The lowest BCUT2D eigenvalue weighted by atomic mass is 10.2. The van der Waals surface area contributed by atoms with Gasteiger partial charge in [0, 0.05) is 5.56 Å². The SMILES string of the molecule is Nc1ccc(-c2n[nH]c(=O)[nH]2)cc1O. The average Bonchev–Trinajstić information content (AvgIpc) is 2.57. The van der Waals surface area contributed by atoms with Crippen LogP contribution in [0, 0.1) is 0 Å². The molecule has 0 aliphatic rings. The first-order valence-corrected chi connectivity index (χ1v) is 3.90. The van der Waals surface area contributed by atoms with Gasteiger partial charge in [0.15, 0.2) is 5.82 Å². The van der Waals surface area contributed by atoms with Gasteiger partial charge in [0.25, 0.3) is 0 Å². The van der Waals surface area contributed by atoms with E-state index in [0.717, 1.165) is 0 Å². The molecular weight excluding hydrogens is 184 g/mol. The van der Waals surface area contributed by atoms with Crippen molar-refractivity contribution in [3.05, 3.63) is 28.7 Å². The van der Waals surface area contributed by atoms with Crippen LogP contribution in [0.4, 0.5) is 5.69 Å². The first-order valence-electron chi connectivity index (χ1n) is 3.90. The molecule has 0 aliphatic heterocycles. The van der Waals surface area contributed by atoms with Crippen LogP contribution >= 0.6 is 0 Å². The van der Waals surface area contributed by atoms with E-state index in [4.69, 9.17) is 5.73 Å². The van der Waals surface area contributed by atoms with Crippen molar-refractivity contribution in [1.82, 2.24) is 15.2 Å². The second-order valence-corrected chi connectivity index (χ2v) is 2.80. The predicted octanol–water partition coefficient (Wildman–Crippen LogP) is 0.0528. The molecule has 0 radical (unpaired) electrons. The van der Waals surface area contributed by atoms with Crippen LogP contribution in [0.3, 0.4) is 0 Å². The first-order chi connectivity index (χ1) is 6.66. The maximum Gasteiger partial charge on any atom is 0.340 e. The summed E-state index contributed by atoms with van der Waals surface area (Å²) in [4.78, 5) is 13.2. The Morgan fingerprint density at radius 1 is 1.43 bits per heavy atom. The zero-order valence-corrected chi connectivity index (χ0v) is 7.11. The van der Waals surface area contributed by atoms with Gasteiger partial charge >= 0.3 is 5.69 Å². The molecule has 0 atom stereocenters. The van der Waals surface area contributed by atoms with Gasteiger partial charge in [-0.2, -0.15) is 5.10 Å². The molecule has 0 amide bonds. The number of nitrogens with one attached hydrogen (secondary N) is 2. The lowest BCUT2D eigenvalue weighted by molar-refractivity contribution is 0.478. The van der Waals surface area contributed by atoms with Crippen LogP contribution in [0.2, 0.25) is 0 Å². The van der Waals surface area contributed by atoms with Gasteiger partial charge in [-0.25, -0.2) is 9.89 Å². The Morgan fingerprint density at radius 3 is 2.79 bits per heavy atom. The lowest BCUT2D eigenvalue weighted by Crippen LogP contribution is -2.00. The fourth-order valence-corrected chi connectivity index (χ4v) is 1.10. The van der Waals surface area contributed by atoms with Gasteiger partial charge in [0.2, 0.25) is 0 Å². The third-order valence-corrected chi connectivity index (χ3v) is 1.81. The van der Waals surface area contributed by atoms with Gasteiger partial charge < -0.3 is 10.8 Å². The van der Waals surface area contributed by atoms with Crippen molar-refractivity contribution in [3.8, 4) is 17.1 Å². The fourth-order valence-electron chi connectivity index (χ4n) is 1.10. The minimum Gasteiger partial charge on any atom is -0.506 e. The molecule has 1 aromatic heterocycles. The highest BCUT2D eigenvalue weighted by molar-refractivity contribution is 5.64. The molecule has 0 saturated carbocycles. The molecule has 0 spiro atoms. The zero-order chi connectivity index (χ0) is 10.1. The number of nitrogens with zero attached hydrogens (tertiary/aromatic N) is 1. The molecule has 72 valence electrons. The number of nitrogen functional groups attached to an aromatic ring is 1. The molecule has 1 heterocycles. The molecular formula is C8H8N4O2. The zero-order valence-electron chi connectivity index (χ0n) is 7.11. The van der Waals surface area contributed by atoms with E-state index < -0.39 is 5.69 Å². The van der Waals surface area contributed by atoms with E-state index in [1.54, 1.807) is 6.07 Å². The summed E-state index contributed by atoms with van der Waals surface area (Å²) in [7, 11) is 0. The summed E-state index contributed by atoms with van der Waals surface area (Å²) in [6, 6.07) is 4.63. The van der Waals surface area contributed by atoms with Crippen LogP contribution in [0.1, 0.15) is 0 Å². The number of aromatic hydroxyl groups is 1. The number of anilines is 1. The molecule has 1 aromatic carbocycles. The van der Waals surface area contributed by atoms with Gasteiger partial charge in [-0.3, -0.25) is 4.98 Å².